The zero-order valence-corrected chi connectivity index (χ0v) is 15.1. The molecule has 1 aliphatic rings. The molecule has 0 saturated carbocycles. The maximum Gasteiger partial charge on any atom is 0.374 e. The molecule has 0 spiro atoms. The first-order valence-corrected chi connectivity index (χ1v) is 8.13. The Balaban J connectivity index is 2.45. The summed E-state index contributed by atoms with van der Waals surface area (Å²) in [6.45, 7) is 9.47. The number of ether oxygens (including phenoxy) is 2. The van der Waals surface area contributed by atoms with Gasteiger partial charge in [0.1, 0.15) is 5.60 Å². The molecule has 5 nitrogen and oxygen atoms in total. The molecule has 0 aliphatic carbocycles. The van der Waals surface area contributed by atoms with E-state index in [0.717, 1.165) is 33.6 Å². The van der Waals surface area contributed by atoms with Gasteiger partial charge in [-0.1, -0.05) is 12.1 Å². The van der Waals surface area contributed by atoms with Gasteiger partial charge in [-0.15, -0.1) is 0 Å². The molecular formula is C17H22O5S. The van der Waals surface area contributed by atoms with Crippen LogP contribution in [0.5, 0.6) is 0 Å². The van der Waals surface area contributed by atoms with Gasteiger partial charge in [0.15, 0.2) is 0 Å². The minimum Gasteiger partial charge on any atom is -0.484 e. The van der Waals surface area contributed by atoms with E-state index in [0.29, 0.717) is 0 Å². The van der Waals surface area contributed by atoms with Gasteiger partial charge < -0.3 is 9.47 Å². The van der Waals surface area contributed by atoms with Crippen LogP contribution >= 0.6 is 12.0 Å². The van der Waals surface area contributed by atoms with Crippen LogP contribution in [0.1, 0.15) is 38.8 Å². The molecule has 126 valence electrons. The van der Waals surface area contributed by atoms with Gasteiger partial charge in [-0.3, -0.25) is 0 Å². The van der Waals surface area contributed by atoms with E-state index >= 15 is 0 Å². The van der Waals surface area contributed by atoms with Gasteiger partial charge in [0.25, 0.3) is 0 Å². The quantitative estimate of drug-likeness (QED) is 0.337. The minimum absolute atomic E-state index is 0.104. The van der Waals surface area contributed by atoms with Crippen molar-refractivity contribution in [2.24, 2.45) is 0 Å². The lowest BCUT2D eigenvalue weighted by Crippen LogP contribution is -2.22. The average Bonchev–Trinajstić information content (AvgIpc) is 2.66. The molecule has 1 aromatic rings. The van der Waals surface area contributed by atoms with E-state index in [-0.39, 0.29) is 11.9 Å². The molecule has 0 saturated heterocycles. The summed E-state index contributed by atoms with van der Waals surface area (Å²) in [5.74, 6) is -0.129. The van der Waals surface area contributed by atoms with E-state index in [9.17, 15) is 4.79 Å². The molecule has 1 heterocycles. The second-order valence-corrected chi connectivity index (χ2v) is 6.81. The van der Waals surface area contributed by atoms with Crippen molar-refractivity contribution in [1.82, 2.24) is 0 Å². The number of carbonyl (C=O) groups is 1. The Hall–Kier alpha value is -1.50. The van der Waals surface area contributed by atoms with Crippen molar-refractivity contribution < 1.29 is 23.5 Å². The SMILES string of the molecule is COOSc1ccc(C2=C(OC(C)C)C(=O)OC2(C)C)cc1C. The van der Waals surface area contributed by atoms with Crippen molar-refractivity contribution in [1.29, 1.82) is 0 Å². The highest BCUT2D eigenvalue weighted by molar-refractivity contribution is 7.94. The maximum atomic E-state index is 12.2. The number of hydrogen-bond donors (Lipinski definition) is 0. The lowest BCUT2D eigenvalue weighted by Gasteiger charge is -2.21. The van der Waals surface area contributed by atoms with E-state index in [1.807, 2.05) is 52.8 Å². The van der Waals surface area contributed by atoms with Crippen LogP contribution in [0.4, 0.5) is 0 Å². The lowest BCUT2D eigenvalue weighted by molar-refractivity contribution is -0.160. The van der Waals surface area contributed by atoms with Crippen molar-refractivity contribution in [3.8, 4) is 0 Å². The first-order valence-electron chi connectivity index (χ1n) is 7.39. The minimum atomic E-state index is -0.731. The monoisotopic (exact) mass is 338 g/mol. The van der Waals surface area contributed by atoms with Crippen molar-refractivity contribution in [2.75, 3.05) is 7.11 Å². The molecule has 0 radical (unpaired) electrons. The summed E-state index contributed by atoms with van der Waals surface area (Å²) in [6, 6.07) is 5.84. The molecule has 23 heavy (non-hydrogen) atoms. The fourth-order valence-electron chi connectivity index (χ4n) is 2.50. The Morgan fingerprint density at radius 1 is 1.26 bits per heavy atom. The molecule has 1 aliphatic heterocycles. The Bertz CT molecular complexity index is 634. The average molecular weight is 338 g/mol. The smallest absolute Gasteiger partial charge is 0.374 e. The van der Waals surface area contributed by atoms with Gasteiger partial charge in [0.2, 0.25) is 5.76 Å². The maximum absolute atomic E-state index is 12.2. The van der Waals surface area contributed by atoms with E-state index in [4.69, 9.17) is 13.8 Å². The van der Waals surface area contributed by atoms with Crippen LogP contribution in [0.3, 0.4) is 0 Å². The topological polar surface area (TPSA) is 54.0 Å². The number of hydrogen-bond acceptors (Lipinski definition) is 6. The molecule has 1 aromatic carbocycles. The van der Waals surface area contributed by atoms with E-state index < -0.39 is 11.6 Å². The molecule has 0 aromatic heterocycles. The first kappa shape index (κ1) is 17.8. The standard InChI is InChI=1S/C17H22O5S/c1-10(2)20-15-14(17(4,5)21-16(15)18)12-7-8-13(11(3)9-12)23-22-19-6/h7-10H,1-6H3. The van der Waals surface area contributed by atoms with Gasteiger partial charge in [-0.2, -0.15) is 4.33 Å². The van der Waals surface area contributed by atoms with Crippen molar-refractivity contribution in [3.05, 3.63) is 35.1 Å². The number of esters is 1. The third-order valence-electron chi connectivity index (χ3n) is 3.37. The molecule has 6 heteroatoms. The highest BCUT2D eigenvalue weighted by atomic mass is 32.2. The van der Waals surface area contributed by atoms with Gasteiger partial charge in [-0.05, 0) is 51.8 Å². The Kier molecular flexibility index (Phi) is 5.39. The van der Waals surface area contributed by atoms with Crippen LogP contribution in [0.15, 0.2) is 28.9 Å². The van der Waals surface area contributed by atoms with E-state index in [2.05, 4.69) is 4.89 Å². The zero-order chi connectivity index (χ0) is 17.2. The third-order valence-corrected chi connectivity index (χ3v) is 4.21. The number of benzene rings is 1. The molecule has 0 unspecified atom stereocenters. The molecule has 2 rings (SSSR count). The van der Waals surface area contributed by atoms with Gasteiger partial charge >= 0.3 is 5.97 Å². The number of carbonyl (C=O) groups excluding carboxylic acids is 1. The van der Waals surface area contributed by atoms with Crippen LogP contribution in [0.25, 0.3) is 5.57 Å². The first-order chi connectivity index (χ1) is 10.8. The van der Waals surface area contributed by atoms with Gasteiger partial charge in [0, 0.05) is 4.90 Å². The summed E-state index contributed by atoms with van der Waals surface area (Å²) in [5, 5.41) is 0. The highest BCUT2D eigenvalue weighted by Gasteiger charge is 2.43. The van der Waals surface area contributed by atoms with Crippen LogP contribution in [0.2, 0.25) is 0 Å². The highest BCUT2D eigenvalue weighted by Crippen LogP contribution is 2.41. The van der Waals surface area contributed by atoms with Crippen molar-refractivity contribution in [3.63, 3.8) is 0 Å². The molecule has 0 atom stereocenters. The Morgan fingerprint density at radius 2 is 1.96 bits per heavy atom. The van der Waals surface area contributed by atoms with Crippen LogP contribution in [-0.2, 0) is 23.5 Å². The Labute approximate surface area is 141 Å². The summed E-state index contributed by atoms with van der Waals surface area (Å²) in [4.78, 5) is 17.7. The summed E-state index contributed by atoms with van der Waals surface area (Å²) in [6.07, 6.45) is -0.104. The lowest BCUT2D eigenvalue weighted by atomic mass is 9.91. The fraction of sp³-hybridized carbons (Fsp3) is 0.471. The summed E-state index contributed by atoms with van der Waals surface area (Å²) >= 11 is 1.14. The summed E-state index contributed by atoms with van der Waals surface area (Å²) in [7, 11) is 1.46. The zero-order valence-electron chi connectivity index (χ0n) is 14.3. The summed E-state index contributed by atoms with van der Waals surface area (Å²) < 4.78 is 16.1. The van der Waals surface area contributed by atoms with Gasteiger partial charge in [0.05, 0.1) is 30.8 Å². The molecule has 0 amide bonds. The number of aryl methyl sites for hydroxylation is 1. The molecule has 0 bridgehead atoms. The largest absolute Gasteiger partial charge is 0.484 e. The number of rotatable bonds is 6. The molecule has 0 N–H and O–H groups in total. The predicted octanol–water partition coefficient (Wildman–Crippen LogP) is 4.05. The second kappa shape index (κ2) is 6.95. The number of cyclic esters (lactones) is 1. The van der Waals surface area contributed by atoms with E-state index in [1.165, 1.54) is 7.11 Å². The van der Waals surface area contributed by atoms with Gasteiger partial charge in [-0.25, -0.2) is 9.68 Å². The van der Waals surface area contributed by atoms with E-state index in [1.54, 1.807) is 0 Å². The second-order valence-electron chi connectivity index (χ2n) is 6.07. The predicted molar refractivity (Wildman–Crippen MR) is 88.4 cm³/mol. The normalized spacial score (nSPS) is 16.9. The van der Waals surface area contributed by atoms with Crippen LogP contribution in [0, 0.1) is 6.92 Å². The van der Waals surface area contributed by atoms with Crippen molar-refractivity contribution >= 4 is 23.6 Å². The van der Waals surface area contributed by atoms with Crippen LogP contribution in [-0.4, -0.2) is 24.8 Å². The Morgan fingerprint density at radius 3 is 2.52 bits per heavy atom. The third kappa shape index (κ3) is 3.88. The van der Waals surface area contributed by atoms with Crippen molar-refractivity contribution in [2.45, 2.75) is 51.2 Å². The summed E-state index contributed by atoms with van der Waals surface area (Å²) in [5.41, 5.74) is 1.95. The van der Waals surface area contributed by atoms with Crippen LogP contribution < -0.4 is 0 Å². The molecule has 0 fully saturated rings. The fourth-order valence-corrected chi connectivity index (χ4v) is 2.95. The molecular weight excluding hydrogens is 316 g/mol.